The molecule has 0 aliphatic carbocycles. The van der Waals surface area contributed by atoms with Crippen molar-refractivity contribution < 1.29 is 14.3 Å². The van der Waals surface area contributed by atoms with E-state index in [1.165, 1.54) is 28.9 Å². The topological polar surface area (TPSA) is 69.9 Å². The van der Waals surface area contributed by atoms with E-state index in [1.54, 1.807) is 30.5 Å². The lowest BCUT2D eigenvalue weighted by atomic mass is 10.2. The Morgan fingerprint density at radius 1 is 1.35 bits per heavy atom. The Morgan fingerprint density at radius 2 is 2.13 bits per heavy atom. The molecule has 0 spiro atoms. The smallest absolute Gasteiger partial charge is 0.342 e. The number of para-hydroxylation sites is 1. The van der Waals surface area contributed by atoms with Crippen molar-refractivity contribution in [2.75, 3.05) is 7.11 Å². The Labute approximate surface area is 135 Å². The van der Waals surface area contributed by atoms with Gasteiger partial charge in [-0.25, -0.2) is 9.78 Å². The Morgan fingerprint density at radius 3 is 2.91 bits per heavy atom. The van der Waals surface area contributed by atoms with Crippen molar-refractivity contribution >= 4 is 22.3 Å². The van der Waals surface area contributed by atoms with Crippen molar-refractivity contribution in [2.24, 2.45) is 0 Å². The number of hydrogen-bond donors (Lipinski definition) is 0. The highest BCUT2D eigenvalue weighted by molar-refractivity contribution is 7.16. The third kappa shape index (κ3) is 3.09. The molecule has 0 amide bonds. The first-order chi connectivity index (χ1) is 11.1. The molecule has 0 atom stereocenters. The zero-order valence-electron chi connectivity index (χ0n) is 12.6. The molecule has 118 valence electrons. The molecule has 1 aromatic carbocycles. The van der Waals surface area contributed by atoms with Crippen LogP contribution >= 0.6 is 11.3 Å². The normalized spacial score (nSPS) is 10.7. The highest BCUT2D eigenvalue weighted by Crippen LogP contribution is 2.19. The minimum Gasteiger partial charge on any atom is -0.496 e. The Balaban J connectivity index is 1.80. The number of thiazole rings is 1. The molecular formula is C16H14N2O4S. The summed E-state index contributed by atoms with van der Waals surface area (Å²) in [6.07, 6.45) is 1.74. The van der Waals surface area contributed by atoms with Crippen LogP contribution in [0.3, 0.4) is 0 Å². The quantitative estimate of drug-likeness (QED) is 0.687. The van der Waals surface area contributed by atoms with Crippen molar-refractivity contribution in [3.8, 4) is 5.75 Å². The van der Waals surface area contributed by atoms with Crippen LogP contribution in [0.1, 0.15) is 20.9 Å². The maximum absolute atomic E-state index is 12.1. The van der Waals surface area contributed by atoms with Gasteiger partial charge in [-0.2, -0.15) is 0 Å². The van der Waals surface area contributed by atoms with E-state index in [4.69, 9.17) is 9.47 Å². The second kappa shape index (κ2) is 6.21. The molecule has 23 heavy (non-hydrogen) atoms. The van der Waals surface area contributed by atoms with Gasteiger partial charge >= 0.3 is 5.97 Å². The molecule has 2 aromatic heterocycles. The first-order valence-electron chi connectivity index (χ1n) is 6.87. The second-order valence-electron chi connectivity index (χ2n) is 4.86. The summed E-state index contributed by atoms with van der Waals surface area (Å²) in [6, 6.07) is 8.17. The van der Waals surface area contributed by atoms with Gasteiger partial charge in [0.05, 0.1) is 12.8 Å². The number of hydrogen-bond acceptors (Lipinski definition) is 6. The lowest BCUT2D eigenvalue weighted by molar-refractivity contribution is 0.0464. The molecule has 0 radical (unpaired) electrons. The molecule has 0 bridgehead atoms. The first kappa shape index (κ1) is 15.2. The van der Waals surface area contributed by atoms with Crippen molar-refractivity contribution in [1.29, 1.82) is 0 Å². The van der Waals surface area contributed by atoms with Crippen LogP contribution in [0.15, 0.2) is 41.3 Å². The Hall–Kier alpha value is -2.67. The van der Waals surface area contributed by atoms with E-state index in [1.807, 2.05) is 6.92 Å². The molecule has 0 fully saturated rings. The van der Waals surface area contributed by atoms with Crippen LogP contribution in [0.2, 0.25) is 0 Å². The lowest BCUT2D eigenvalue weighted by Gasteiger charge is -2.08. The van der Waals surface area contributed by atoms with Gasteiger partial charge in [0.15, 0.2) is 4.96 Å². The molecule has 0 unspecified atom stereocenters. The molecule has 7 heteroatoms. The molecule has 0 N–H and O–H groups in total. The summed E-state index contributed by atoms with van der Waals surface area (Å²) in [6.45, 7) is 1.83. The van der Waals surface area contributed by atoms with Crippen molar-refractivity contribution in [3.63, 3.8) is 0 Å². The molecule has 6 nitrogen and oxygen atoms in total. The summed E-state index contributed by atoms with van der Waals surface area (Å²) in [4.78, 5) is 30.0. The van der Waals surface area contributed by atoms with Crippen LogP contribution in [0, 0.1) is 6.92 Å². The summed E-state index contributed by atoms with van der Waals surface area (Å²) in [7, 11) is 1.49. The number of nitrogens with zero attached hydrogens (tertiary/aromatic N) is 2. The third-order valence-electron chi connectivity index (χ3n) is 3.21. The molecule has 3 aromatic rings. The molecule has 0 aliphatic rings. The van der Waals surface area contributed by atoms with E-state index in [-0.39, 0.29) is 12.2 Å². The van der Waals surface area contributed by atoms with Crippen LogP contribution in [0.5, 0.6) is 5.75 Å². The molecule has 0 aliphatic heterocycles. The number of rotatable bonds is 4. The summed E-state index contributed by atoms with van der Waals surface area (Å²) in [5.74, 6) is -0.0818. The third-order valence-corrected chi connectivity index (χ3v) is 4.11. The maximum Gasteiger partial charge on any atom is 0.342 e. The Bertz CT molecular complexity index is 929. The number of aryl methyl sites for hydroxylation is 1. The van der Waals surface area contributed by atoms with E-state index in [0.717, 1.165) is 4.88 Å². The minimum absolute atomic E-state index is 0.0699. The van der Waals surface area contributed by atoms with Crippen molar-refractivity contribution in [3.05, 3.63) is 63.0 Å². The zero-order valence-corrected chi connectivity index (χ0v) is 13.4. The van der Waals surface area contributed by atoms with E-state index in [9.17, 15) is 9.59 Å². The van der Waals surface area contributed by atoms with E-state index in [0.29, 0.717) is 22.0 Å². The highest BCUT2D eigenvalue weighted by Gasteiger charge is 2.14. The molecule has 2 heterocycles. The monoisotopic (exact) mass is 330 g/mol. The number of esters is 1. The van der Waals surface area contributed by atoms with Crippen molar-refractivity contribution in [2.45, 2.75) is 13.5 Å². The maximum atomic E-state index is 12.1. The van der Waals surface area contributed by atoms with Crippen LogP contribution in [-0.4, -0.2) is 22.5 Å². The number of fused-ring (bicyclic) bond motifs is 1. The molecule has 0 saturated heterocycles. The molecule has 3 rings (SSSR count). The van der Waals surface area contributed by atoms with Gasteiger partial charge in [0.1, 0.15) is 17.9 Å². The fraction of sp³-hybridized carbons (Fsp3) is 0.188. The highest BCUT2D eigenvalue weighted by atomic mass is 32.1. The summed E-state index contributed by atoms with van der Waals surface area (Å²) >= 11 is 1.41. The number of aromatic nitrogens is 2. The van der Waals surface area contributed by atoms with Gasteiger partial charge in [0, 0.05) is 17.1 Å². The SMILES string of the molecule is COc1ccccc1C(=O)OCc1cc(=O)n2cc(C)sc2n1. The van der Waals surface area contributed by atoms with Gasteiger partial charge in [0.25, 0.3) is 5.56 Å². The van der Waals surface area contributed by atoms with Gasteiger partial charge in [-0.15, -0.1) is 11.3 Å². The zero-order chi connectivity index (χ0) is 16.4. The molecule has 0 saturated carbocycles. The van der Waals surface area contributed by atoms with Gasteiger partial charge in [0.2, 0.25) is 0 Å². The summed E-state index contributed by atoms with van der Waals surface area (Å²) in [5.41, 5.74) is 0.558. The van der Waals surface area contributed by atoms with E-state index < -0.39 is 5.97 Å². The fourth-order valence-corrected chi connectivity index (χ4v) is 3.01. The average Bonchev–Trinajstić information content (AvgIpc) is 2.93. The Kier molecular flexibility index (Phi) is 4.12. The lowest BCUT2D eigenvalue weighted by Crippen LogP contribution is -2.15. The van der Waals surface area contributed by atoms with Crippen LogP contribution in [0.4, 0.5) is 0 Å². The number of methoxy groups -OCH3 is 1. The van der Waals surface area contributed by atoms with Gasteiger partial charge in [-0.1, -0.05) is 12.1 Å². The predicted molar refractivity (Wildman–Crippen MR) is 86.2 cm³/mol. The summed E-state index contributed by atoms with van der Waals surface area (Å²) in [5, 5.41) is 0. The largest absolute Gasteiger partial charge is 0.496 e. The molecular weight excluding hydrogens is 316 g/mol. The predicted octanol–water partition coefficient (Wildman–Crippen LogP) is 2.43. The van der Waals surface area contributed by atoms with Gasteiger partial charge in [-0.3, -0.25) is 9.20 Å². The number of carbonyl (C=O) groups excluding carboxylic acids is 1. The fourth-order valence-electron chi connectivity index (χ4n) is 2.16. The van der Waals surface area contributed by atoms with Gasteiger partial charge in [-0.05, 0) is 19.1 Å². The average molecular weight is 330 g/mol. The standard InChI is InChI=1S/C16H14N2O4S/c1-10-8-18-14(19)7-11(17-16(18)23-10)9-22-15(20)12-5-3-4-6-13(12)21-2/h3-8H,9H2,1-2H3. The van der Waals surface area contributed by atoms with Crippen LogP contribution in [-0.2, 0) is 11.3 Å². The van der Waals surface area contributed by atoms with Crippen LogP contribution in [0.25, 0.3) is 4.96 Å². The first-order valence-corrected chi connectivity index (χ1v) is 7.69. The van der Waals surface area contributed by atoms with E-state index >= 15 is 0 Å². The number of ether oxygens (including phenoxy) is 2. The van der Waals surface area contributed by atoms with Crippen molar-refractivity contribution in [1.82, 2.24) is 9.38 Å². The minimum atomic E-state index is -0.521. The number of carbonyl (C=O) groups is 1. The summed E-state index contributed by atoms with van der Waals surface area (Å²) < 4.78 is 11.9. The second-order valence-corrected chi connectivity index (χ2v) is 6.07. The van der Waals surface area contributed by atoms with Gasteiger partial charge < -0.3 is 9.47 Å². The van der Waals surface area contributed by atoms with Crippen LogP contribution < -0.4 is 10.3 Å². The number of benzene rings is 1. The van der Waals surface area contributed by atoms with E-state index in [2.05, 4.69) is 4.98 Å².